The number of benzene rings is 1. The number of hydrogen-bond acceptors (Lipinski definition) is 4. The van der Waals surface area contributed by atoms with Gasteiger partial charge in [-0.15, -0.1) is 0 Å². The summed E-state index contributed by atoms with van der Waals surface area (Å²) in [4.78, 5) is 3.88. The van der Waals surface area contributed by atoms with Crippen LogP contribution in [0.4, 0.5) is 11.4 Å². The van der Waals surface area contributed by atoms with E-state index in [1.54, 1.807) is 18.2 Å². The maximum atomic E-state index is 12.1. The third-order valence-electron chi connectivity index (χ3n) is 2.40. The average molecular weight is 263 g/mol. The predicted molar refractivity (Wildman–Crippen MR) is 70.6 cm³/mol. The van der Waals surface area contributed by atoms with E-state index in [0.717, 1.165) is 5.56 Å². The van der Waals surface area contributed by atoms with Crippen LogP contribution in [0.15, 0.2) is 47.6 Å². The molecule has 0 radical (unpaired) electrons. The van der Waals surface area contributed by atoms with Gasteiger partial charge < -0.3 is 5.73 Å². The molecule has 1 aromatic heterocycles. The van der Waals surface area contributed by atoms with Crippen LogP contribution in [0.25, 0.3) is 0 Å². The van der Waals surface area contributed by atoms with Gasteiger partial charge in [-0.05, 0) is 36.8 Å². The third kappa shape index (κ3) is 2.60. The smallest absolute Gasteiger partial charge is 0.263 e. The fourth-order valence-corrected chi connectivity index (χ4v) is 2.51. The zero-order valence-corrected chi connectivity index (χ0v) is 10.6. The van der Waals surface area contributed by atoms with E-state index in [9.17, 15) is 8.42 Å². The van der Waals surface area contributed by atoms with E-state index >= 15 is 0 Å². The highest BCUT2D eigenvalue weighted by Crippen LogP contribution is 2.22. The van der Waals surface area contributed by atoms with Crippen molar-refractivity contribution in [1.82, 2.24) is 4.98 Å². The van der Waals surface area contributed by atoms with Crippen molar-refractivity contribution < 1.29 is 8.42 Å². The van der Waals surface area contributed by atoms with Gasteiger partial charge in [0, 0.05) is 12.4 Å². The summed E-state index contributed by atoms with van der Waals surface area (Å²) < 4.78 is 26.6. The molecule has 0 bridgehead atoms. The number of rotatable bonds is 3. The van der Waals surface area contributed by atoms with Crippen molar-refractivity contribution in [3.8, 4) is 0 Å². The second-order valence-electron chi connectivity index (χ2n) is 3.88. The largest absolute Gasteiger partial charge is 0.397 e. The molecule has 5 nitrogen and oxygen atoms in total. The fraction of sp³-hybridized carbons (Fsp3) is 0.0833. The van der Waals surface area contributed by atoms with Crippen LogP contribution in [-0.2, 0) is 10.0 Å². The van der Waals surface area contributed by atoms with Crippen molar-refractivity contribution in [3.63, 3.8) is 0 Å². The highest BCUT2D eigenvalue weighted by molar-refractivity contribution is 7.92. The standard InChI is InChI=1S/C12H13N3O2S/c1-9-4-5-11(13)12(7-9)15-18(16,17)10-3-2-6-14-8-10/h2-8,15H,13H2,1H3. The number of hydrogen-bond donors (Lipinski definition) is 2. The first-order chi connectivity index (χ1) is 8.49. The zero-order valence-electron chi connectivity index (χ0n) is 9.79. The molecule has 0 aliphatic heterocycles. The van der Waals surface area contributed by atoms with Crippen molar-refractivity contribution in [3.05, 3.63) is 48.3 Å². The lowest BCUT2D eigenvalue weighted by atomic mass is 10.2. The van der Waals surface area contributed by atoms with Crippen LogP contribution >= 0.6 is 0 Å². The first-order valence-electron chi connectivity index (χ1n) is 5.28. The lowest BCUT2D eigenvalue weighted by molar-refractivity contribution is 0.601. The summed E-state index contributed by atoms with van der Waals surface area (Å²) in [6, 6.07) is 8.20. The van der Waals surface area contributed by atoms with Crippen LogP contribution in [0.2, 0.25) is 0 Å². The third-order valence-corrected chi connectivity index (χ3v) is 3.75. The van der Waals surface area contributed by atoms with Crippen LogP contribution < -0.4 is 10.5 Å². The molecule has 0 fully saturated rings. The Morgan fingerprint density at radius 3 is 2.72 bits per heavy atom. The summed E-state index contributed by atoms with van der Waals surface area (Å²) in [6.07, 6.45) is 2.80. The van der Waals surface area contributed by atoms with Gasteiger partial charge in [0.1, 0.15) is 4.90 Å². The van der Waals surface area contributed by atoms with Gasteiger partial charge in [-0.3, -0.25) is 9.71 Å². The Bertz CT molecular complexity index is 654. The molecular weight excluding hydrogens is 250 g/mol. The number of pyridine rings is 1. The Kier molecular flexibility index (Phi) is 3.20. The molecule has 1 aromatic carbocycles. The summed E-state index contributed by atoms with van der Waals surface area (Å²) >= 11 is 0. The van der Waals surface area contributed by atoms with Gasteiger partial charge in [0.2, 0.25) is 0 Å². The number of nitrogen functional groups attached to an aromatic ring is 1. The maximum Gasteiger partial charge on any atom is 0.263 e. The molecule has 94 valence electrons. The number of nitrogens with zero attached hydrogens (tertiary/aromatic N) is 1. The van der Waals surface area contributed by atoms with E-state index in [-0.39, 0.29) is 4.90 Å². The van der Waals surface area contributed by atoms with Crippen molar-refractivity contribution in [2.75, 3.05) is 10.5 Å². The molecule has 0 amide bonds. The van der Waals surface area contributed by atoms with Gasteiger partial charge in [-0.2, -0.15) is 0 Å². The first kappa shape index (κ1) is 12.4. The summed E-state index contributed by atoms with van der Waals surface area (Å²) in [6.45, 7) is 1.86. The second kappa shape index (κ2) is 4.66. The summed E-state index contributed by atoms with van der Waals surface area (Å²) in [5.41, 5.74) is 7.41. The van der Waals surface area contributed by atoms with Crippen molar-refractivity contribution in [2.45, 2.75) is 11.8 Å². The number of anilines is 2. The van der Waals surface area contributed by atoms with Gasteiger partial charge in [-0.1, -0.05) is 6.07 Å². The van der Waals surface area contributed by atoms with Gasteiger partial charge in [-0.25, -0.2) is 8.42 Å². The SMILES string of the molecule is Cc1ccc(N)c(NS(=O)(=O)c2cccnc2)c1. The molecule has 0 unspecified atom stereocenters. The normalized spacial score (nSPS) is 11.2. The molecule has 2 aromatic rings. The fourth-order valence-electron chi connectivity index (χ4n) is 1.47. The van der Waals surface area contributed by atoms with E-state index in [0.29, 0.717) is 11.4 Å². The quantitative estimate of drug-likeness (QED) is 0.826. The van der Waals surface area contributed by atoms with Crippen LogP contribution in [-0.4, -0.2) is 13.4 Å². The molecular formula is C12H13N3O2S. The van der Waals surface area contributed by atoms with E-state index in [2.05, 4.69) is 9.71 Å². The highest BCUT2D eigenvalue weighted by Gasteiger charge is 2.15. The lowest BCUT2D eigenvalue weighted by Gasteiger charge is -2.10. The number of sulfonamides is 1. The number of nitrogens with two attached hydrogens (primary N) is 1. The molecule has 6 heteroatoms. The topological polar surface area (TPSA) is 85.1 Å². The van der Waals surface area contributed by atoms with E-state index < -0.39 is 10.0 Å². The molecule has 18 heavy (non-hydrogen) atoms. The van der Waals surface area contributed by atoms with Gasteiger partial charge in [0.05, 0.1) is 11.4 Å². The van der Waals surface area contributed by atoms with Crippen LogP contribution in [0.5, 0.6) is 0 Å². The Labute approximate surface area is 106 Å². The number of aromatic nitrogens is 1. The zero-order chi connectivity index (χ0) is 13.2. The van der Waals surface area contributed by atoms with E-state index in [1.165, 1.54) is 18.5 Å². The van der Waals surface area contributed by atoms with Crippen molar-refractivity contribution in [2.24, 2.45) is 0 Å². The van der Waals surface area contributed by atoms with E-state index in [4.69, 9.17) is 5.73 Å². The predicted octanol–water partition coefficient (Wildman–Crippen LogP) is 1.77. The Hall–Kier alpha value is -2.08. The molecule has 0 atom stereocenters. The monoisotopic (exact) mass is 263 g/mol. The van der Waals surface area contributed by atoms with Crippen LogP contribution in [0.1, 0.15) is 5.56 Å². The summed E-state index contributed by atoms with van der Waals surface area (Å²) in [5, 5.41) is 0. The van der Waals surface area contributed by atoms with Gasteiger partial charge in [0.25, 0.3) is 10.0 Å². The van der Waals surface area contributed by atoms with Crippen molar-refractivity contribution >= 4 is 21.4 Å². The van der Waals surface area contributed by atoms with E-state index in [1.807, 2.05) is 13.0 Å². The highest BCUT2D eigenvalue weighted by atomic mass is 32.2. The Balaban J connectivity index is 2.37. The minimum atomic E-state index is -3.65. The molecule has 0 aliphatic carbocycles. The average Bonchev–Trinajstić information content (AvgIpc) is 2.35. The molecule has 1 heterocycles. The first-order valence-corrected chi connectivity index (χ1v) is 6.76. The minimum absolute atomic E-state index is 0.103. The molecule has 2 rings (SSSR count). The number of nitrogens with one attached hydrogen (secondary N) is 1. The number of aryl methyl sites for hydroxylation is 1. The lowest BCUT2D eigenvalue weighted by Crippen LogP contribution is -2.14. The summed E-state index contributed by atoms with van der Waals surface area (Å²) in [5.74, 6) is 0. The Morgan fingerprint density at radius 1 is 1.28 bits per heavy atom. The minimum Gasteiger partial charge on any atom is -0.397 e. The van der Waals surface area contributed by atoms with Gasteiger partial charge >= 0.3 is 0 Å². The van der Waals surface area contributed by atoms with Crippen molar-refractivity contribution in [1.29, 1.82) is 0 Å². The molecule has 0 saturated heterocycles. The molecule has 3 N–H and O–H groups in total. The Morgan fingerprint density at radius 2 is 2.06 bits per heavy atom. The second-order valence-corrected chi connectivity index (χ2v) is 5.57. The van der Waals surface area contributed by atoms with Gasteiger partial charge in [0.15, 0.2) is 0 Å². The molecule has 0 aliphatic rings. The summed E-state index contributed by atoms with van der Waals surface area (Å²) in [7, 11) is -3.65. The molecule has 0 spiro atoms. The molecule has 0 saturated carbocycles. The van der Waals surface area contributed by atoms with Crippen LogP contribution in [0, 0.1) is 6.92 Å². The maximum absolute atomic E-state index is 12.1. The van der Waals surface area contributed by atoms with Crippen LogP contribution in [0.3, 0.4) is 0 Å².